The smallest absolute Gasteiger partial charge is 0.240 e. The van der Waals surface area contributed by atoms with Crippen molar-refractivity contribution in [2.45, 2.75) is 24.8 Å². The van der Waals surface area contributed by atoms with Crippen LogP contribution in [0.15, 0.2) is 53.7 Å². The number of aryl methyl sites for hydroxylation is 1. The number of hydrogen-bond donors (Lipinski definition) is 2. The number of carbonyl (C=O) groups excluding carboxylic acids is 1. The predicted octanol–water partition coefficient (Wildman–Crippen LogP) is 2.32. The molecular weight excluding hydrogens is 451 g/mol. The number of sulfonamides is 1. The largest absolute Gasteiger partial charge is 0.493 e. The second-order valence-corrected chi connectivity index (χ2v) is 8.84. The van der Waals surface area contributed by atoms with E-state index in [0.29, 0.717) is 22.8 Å². The average molecular weight is 477 g/mol. The molecule has 0 saturated heterocycles. The highest BCUT2D eigenvalue weighted by atomic mass is 32.2. The van der Waals surface area contributed by atoms with Crippen LogP contribution < -0.4 is 19.5 Å². The molecule has 0 radical (unpaired) electrons. The summed E-state index contributed by atoms with van der Waals surface area (Å²) in [4.78, 5) is 16.2. The number of rotatable bonds is 10. The van der Waals surface area contributed by atoms with Crippen LogP contribution in [0.2, 0.25) is 0 Å². The highest BCUT2D eigenvalue weighted by Gasteiger charge is 2.17. The zero-order valence-electron chi connectivity index (χ0n) is 18.5. The van der Waals surface area contributed by atoms with Gasteiger partial charge in [0.15, 0.2) is 11.5 Å². The lowest BCUT2D eigenvalue weighted by molar-refractivity contribution is -0.121. The maximum absolute atomic E-state index is 14.5. The molecule has 2 aromatic carbocycles. The second kappa shape index (κ2) is 10.5. The Morgan fingerprint density at radius 2 is 1.88 bits per heavy atom. The van der Waals surface area contributed by atoms with Crippen molar-refractivity contribution in [3.63, 3.8) is 0 Å². The second-order valence-electron chi connectivity index (χ2n) is 7.07. The standard InChI is InChI=1S/C22H25FN4O5S/c1-15-24-10-11-27(15)19-6-4-16(12-18(19)23)14-25-22(28)8-9-26-33(29,30)17-5-7-20(31-2)21(13-17)32-3/h4-7,10-13,26H,8-9,14H2,1-3H3,(H,25,28). The van der Waals surface area contributed by atoms with Crippen LogP contribution in [0.3, 0.4) is 0 Å². The Kier molecular flexibility index (Phi) is 7.67. The first-order chi connectivity index (χ1) is 15.7. The maximum atomic E-state index is 14.5. The zero-order valence-corrected chi connectivity index (χ0v) is 19.3. The summed E-state index contributed by atoms with van der Waals surface area (Å²) >= 11 is 0. The van der Waals surface area contributed by atoms with Gasteiger partial charge in [-0.25, -0.2) is 22.5 Å². The molecule has 11 heteroatoms. The Morgan fingerprint density at radius 3 is 2.52 bits per heavy atom. The first-order valence-corrected chi connectivity index (χ1v) is 11.5. The third-order valence-corrected chi connectivity index (χ3v) is 6.36. The molecule has 0 unspecified atom stereocenters. The fraction of sp³-hybridized carbons (Fsp3) is 0.273. The van der Waals surface area contributed by atoms with Crippen LogP contribution in [-0.2, 0) is 21.4 Å². The van der Waals surface area contributed by atoms with E-state index in [9.17, 15) is 17.6 Å². The van der Waals surface area contributed by atoms with Crippen molar-refractivity contribution in [1.29, 1.82) is 0 Å². The van der Waals surface area contributed by atoms with Crippen LogP contribution in [0.5, 0.6) is 11.5 Å². The van der Waals surface area contributed by atoms with Gasteiger partial charge in [0.05, 0.1) is 24.8 Å². The number of amides is 1. The van der Waals surface area contributed by atoms with Crippen LogP contribution in [0.4, 0.5) is 4.39 Å². The van der Waals surface area contributed by atoms with E-state index < -0.39 is 15.8 Å². The van der Waals surface area contributed by atoms with Crippen molar-refractivity contribution in [2.75, 3.05) is 20.8 Å². The van der Waals surface area contributed by atoms with E-state index in [1.54, 1.807) is 36.0 Å². The molecule has 0 aliphatic carbocycles. The van der Waals surface area contributed by atoms with Gasteiger partial charge in [0, 0.05) is 38.0 Å². The van der Waals surface area contributed by atoms with E-state index in [1.165, 1.54) is 38.5 Å². The van der Waals surface area contributed by atoms with Crippen molar-refractivity contribution in [3.05, 3.63) is 66.0 Å². The number of imidazole rings is 1. The van der Waals surface area contributed by atoms with E-state index >= 15 is 0 Å². The van der Waals surface area contributed by atoms with Gasteiger partial charge in [-0.3, -0.25) is 4.79 Å². The highest BCUT2D eigenvalue weighted by Crippen LogP contribution is 2.29. The molecule has 3 aromatic rings. The van der Waals surface area contributed by atoms with Crippen LogP contribution in [0, 0.1) is 12.7 Å². The Hall–Kier alpha value is -3.44. The summed E-state index contributed by atoms with van der Waals surface area (Å²) in [5, 5.41) is 2.66. The number of nitrogens with one attached hydrogen (secondary N) is 2. The first-order valence-electron chi connectivity index (χ1n) is 10.0. The molecule has 0 aliphatic heterocycles. The van der Waals surface area contributed by atoms with E-state index in [0.717, 1.165) is 0 Å². The van der Waals surface area contributed by atoms with Crippen LogP contribution in [-0.4, -0.2) is 44.6 Å². The lowest BCUT2D eigenvalue weighted by Crippen LogP contribution is -2.30. The number of methoxy groups -OCH3 is 2. The molecule has 0 fully saturated rings. The summed E-state index contributed by atoms with van der Waals surface area (Å²) in [5.74, 6) is 0.524. The molecular formula is C22H25FN4O5S. The minimum absolute atomic E-state index is 0.00995. The van der Waals surface area contributed by atoms with E-state index in [-0.39, 0.29) is 36.1 Å². The maximum Gasteiger partial charge on any atom is 0.240 e. The van der Waals surface area contributed by atoms with Gasteiger partial charge >= 0.3 is 0 Å². The number of aromatic nitrogens is 2. The molecule has 1 heterocycles. The third-order valence-electron chi connectivity index (χ3n) is 4.90. The highest BCUT2D eigenvalue weighted by molar-refractivity contribution is 7.89. The SMILES string of the molecule is COc1ccc(S(=O)(=O)NCCC(=O)NCc2ccc(-n3ccnc3C)c(F)c2)cc1OC. The van der Waals surface area contributed by atoms with Gasteiger partial charge in [-0.05, 0) is 36.8 Å². The summed E-state index contributed by atoms with van der Waals surface area (Å²) in [7, 11) is -0.981. The monoisotopic (exact) mass is 476 g/mol. The van der Waals surface area contributed by atoms with Crippen LogP contribution >= 0.6 is 0 Å². The molecule has 0 atom stereocenters. The lowest BCUT2D eigenvalue weighted by atomic mass is 10.2. The minimum atomic E-state index is -3.84. The summed E-state index contributed by atoms with van der Waals surface area (Å²) in [6.45, 7) is 1.78. The number of halogens is 1. The van der Waals surface area contributed by atoms with Crippen molar-refractivity contribution in [1.82, 2.24) is 19.6 Å². The number of hydrogen-bond acceptors (Lipinski definition) is 6. The quantitative estimate of drug-likeness (QED) is 0.465. The molecule has 0 saturated carbocycles. The average Bonchev–Trinajstić information content (AvgIpc) is 3.22. The summed E-state index contributed by atoms with van der Waals surface area (Å²) in [6.07, 6.45) is 3.17. The minimum Gasteiger partial charge on any atom is -0.493 e. The molecule has 0 bridgehead atoms. The Morgan fingerprint density at radius 1 is 1.12 bits per heavy atom. The van der Waals surface area contributed by atoms with Crippen LogP contribution in [0.25, 0.3) is 5.69 Å². The predicted molar refractivity (Wildman–Crippen MR) is 119 cm³/mol. The fourth-order valence-corrected chi connectivity index (χ4v) is 4.19. The Labute approximate surface area is 191 Å². The molecule has 176 valence electrons. The molecule has 0 spiro atoms. The summed E-state index contributed by atoms with van der Waals surface area (Å²) in [5.41, 5.74) is 0.943. The van der Waals surface area contributed by atoms with Gasteiger partial charge in [-0.15, -0.1) is 0 Å². The molecule has 0 aliphatic rings. The molecule has 3 rings (SSSR count). The molecule has 1 amide bonds. The third kappa shape index (κ3) is 5.88. The Balaban J connectivity index is 1.52. The molecule has 2 N–H and O–H groups in total. The topological polar surface area (TPSA) is 112 Å². The first kappa shape index (κ1) is 24.2. The zero-order chi connectivity index (χ0) is 24.0. The number of benzene rings is 2. The van der Waals surface area contributed by atoms with Gasteiger partial charge in [0.2, 0.25) is 15.9 Å². The van der Waals surface area contributed by atoms with E-state index in [4.69, 9.17) is 9.47 Å². The fourth-order valence-electron chi connectivity index (χ4n) is 3.14. The molecule has 9 nitrogen and oxygen atoms in total. The number of nitrogens with zero attached hydrogens (tertiary/aromatic N) is 2. The van der Waals surface area contributed by atoms with E-state index in [2.05, 4.69) is 15.0 Å². The summed E-state index contributed by atoms with van der Waals surface area (Å²) in [6, 6.07) is 8.87. The van der Waals surface area contributed by atoms with Crippen molar-refractivity contribution >= 4 is 15.9 Å². The van der Waals surface area contributed by atoms with Crippen molar-refractivity contribution in [2.24, 2.45) is 0 Å². The van der Waals surface area contributed by atoms with Gasteiger partial charge in [-0.1, -0.05) is 6.07 Å². The van der Waals surface area contributed by atoms with Crippen LogP contribution in [0.1, 0.15) is 17.8 Å². The van der Waals surface area contributed by atoms with Gasteiger partial charge < -0.3 is 19.4 Å². The number of ether oxygens (including phenoxy) is 2. The summed E-state index contributed by atoms with van der Waals surface area (Å²) < 4.78 is 53.6. The Bertz CT molecular complexity index is 1240. The van der Waals surface area contributed by atoms with Gasteiger partial charge in [0.1, 0.15) is 11.6 Å². The number of carbonyl (C=O) groups is 1. The van der Waals surface area contributed by atoms with E-state index in [1.807, 2.05) is 0 Å². The van der Waals surface area contributed by atoms with Gasteiger partial charge in [-0.2, -0.15) is 0 Å². The normalized spacial score (nSPS) is 11.3. The molecule has 33 heavy (non-hydrogen) atoms. The van der Waals surface area contributed by atoms with Crippen molar-refractivity contribution < 1.29 is 27.1 Å². The lowest BCUT2D eigenvalue weighted by Gasteiger charge is -2.11. The van der Waals surface area contributed by atoms with Crippen molar-refractivity contribution in [3.8, 4) is 17.2 Å². The van der Waals surface area contributed by atoms with Gasteiger partial charge in [0.25, 0.3) is 0 Å². The molecule has 1 aromatic heterocycles.